The predicted molar refractivity (Wildman–Crippen MR) is 96.0 cm³/mol. The summed E-state index contributed by atoms with van der Waals surface area (Å²) in [6.07, 6.45) is 5.01. The van der Waals surface area contributed by atoms with Gasteiger partial charge in [-0.05, 0) is 29.8 Å². The molecule has 1 atom stereocenters. The van der Waals surface area contributed by atoms with Crippen molar-refractivity contribution in [3.8, 4) is 6.07 Å². The van der Waals surface area contributed by atoms with Crippen molar-refractivity contribution in [1.82, 2.24) is 10.4 Å². The van der Waals surface area contributed by atoms with E-state index in [9.17, 15) is 0 Å². The lowest BCUT2D eigenvalue weighted by Gasteiger charge is -2.27. The molecule has 3 heterocycles. The third-order valence-electron chi connectivity index (χ3n) is 3.78. The molecule has 8 heteroatoms. The van der Waals surface area contributed by atoms with Crippen LogP contribution >= 0.6 is 11.8 Å². The van der Waals surface area contributed by atoms with Gasteiger partial charge in [-0.2, -0.15) is 10.7 Å². The molecule has 0 amide bonds. The third kappa shape index (κ3) is 2.80. The monoisotopic (exact) mass is 350 g/mol. The van der Waals surface area contributed by atoms with Gasteiger partial charge >= 0.3 is 0 Å². The third-order valence-corrected chi connectivity index (χ3v) is 5.06. The lowest BCUT2D eigenvalue weighted by Crippen LogP contribution is -2.51. The minimum absolute atomic E-state index is 0.321. The first-order valence-electron chi connectivity index (χ1n) is 7.55. The molecule has 0 saturated carbocycles. The average molecular weight is 350 g/mol. The van der Waals surface area contributed by atoms with Gasteiger partial charge in [0.15, 0.2) is 11.6 Å². The average Bonchev–Trinajstić information content (AvgIpc) is 3.29. The molecular formula is C17H14N6OS. The van der Waals surface area contributed by atoms with Crippen LogP contribution in [0.1, 0.15) is 16.9 Å². The highest BCUT2D eigenvalue weighted by Crippen LogP contribution is 2.41. The van der Waals surface area contributed by atoms with Crippen molar-refractivity contribution in [1.29, 1.82) is 5.26 Å². The van der Waals surface area contributed by atoms with Gasteiger partial charge in [0.05, 0.1) is 17.9 Å². The summed E-state index contributed by atoms with van der Waals surface area (Å²) in [5.41, 5.74) is 10.9. The van der Waals surface area contributed by atoms with Crippen LogP contribution in [0.4, 0.5) is 0 Å². The number of hydrogen-bond acceptors (Lipinski definition) is 8. The zero-order valence-corrected chi connectivity index (χ0v) is 13.9. The highest BCUT2D eigenvalue weighted by molar-refractivity contribution is 7.99. The Bertz CT molecular complexity index is 927. The molecule has 2 aliphatic heterocycles. The summed E-state index contributed by atoms with van der Waals surface area (Å²) in [5.74, 6) is 2.29. The van der Waals surface area contributed by atoms with Gasteiger partial charge in [-0.15, -0.1) is 11.8 Å². The van der Waals surface area contributed by atoms with Gasteiger partial charge in [-0.3, -0.25) is 0 Å². The van der Waals surface area contributed by atoms with Gasteiger partial charge in [-0.1, -0.05) is 12.1 Å². The molecule has 0 bridgehead atoms. The van der Waals surface area contributed by atoms with Crippen LogP contribution in [-0.4, -0.2) is 16.8 Å². The molecule has 0 aliphatic carbocycles. The molecule has 1 unspecified atom stereocenters. The Morgan fingerprint density at radius 1 is 1.36 bits per heavy atom. The van der Waals surface area contributed by atoms with E-state index < -0.39 is 4.99 Å². The van der Waals surface area contributed by atoms with E-state index >= 15 is 0 Å². The number of fused-ring (bicyclic) bond motifs is 1. The fraction of sp³-hybridized carbons (Fsp3) is 0.118. The molecule has 25 heavy (non-hydrogen) atoms. The second-order valence-electron chi connectivity index (χ2n) is 5.44. The second-order valence-corrected chi connectivity index (χ2v) is 6.61. The van der Waals surface area contributed by atoms with Crippen LogP contribution in [0.2, 0.25) is 0 Å². The van der Waals surface area contributed by atoms with E-state index in [1.54, 1.807) is 41.4 Å². The van der Waals surface area contributed by atoms with Gasteiger partial charge in [0, 0.05) is 18.0 Å². The zero-order chi connectivity index (χ0) is 17.3. The molecule has 7 nitrogen and oxygen atoms in total. The van der Waals surface area contributed by atoms with Gasteiger partial charge in [0.2, 0.25) is 11.0 Å². The Balaban J connectivity index is 1.65. The van der Waals surface area contributed by atoms with Crippen molar-refractivity contribution >= 4 is 23.6 Å². The molecular weight excluding hydrogens is 336 g/mol. The van der Waals surface area contributed by atoms with Gasteiger partial charge in [0.1, 0.15) is 0 Å². The normalized spacial score (nSPS) is 21.5. The van der Waals surface area contributed by atoms with E-state index in [2.05, 4.69) is 16.5 Å². The van der Waals surface area contributed by atoms with Crippen molar-refractivity contribution in [3.05, 3.63) is 71.8 Å². The van der Waals surface area contributed by atoms with Crippen molar-refractivity contribution in [2.75, 3.05) is 0 Å². The second kappa shape index (κ2) is 6.12. The number of benzene rings is 1. The van der Waals surface area contributed by atoms with E-state index in [0.29, 0.717) is 28.9 Å². The van der Waals surface area contributed by atoms with Crippen molar-refractivity contribution < 1.29 is 4.42 Å². The van der Waals surface area contributed by atoms with Gasteiger partial charge in [-0.25, -0.2) is 15.0 Å². The fourth-order valence-corrected chi connectivity index (χ4v) is 3.73. The standard InChI is InChI=1S/C17H14N6OS/c18-10-12-3-1-4-13(9-12)11-25-17(14-5-2-8-24-14)21-15-6-7-20-16(19)23(15)22-17/h1-9,22H,11H2,(H2,19,20). The minimum Gasteiger partial charge on any atom is -0.464 e. The van der Waals surface area contributed by atoms with Gasteiger partial charge in [0.25, 0.3) is 0 Å². The molecule has 0 radical (unpaired) electrons. The van der Waals surface area contributed by atoms with Crippen LogP contribution in [0.15, 0.2) is 69.3 Å². The molecule has 0 saturated heterocycles. The Morgan fingerprint density at radius 3 is 3.04 bits per heavy atom. The van der Waals surface area contributed by atoms with E-state index in [4.69, 9.17) is 20.4 Å². The minimum atomic E-state index is -0.851. The Hall–Kier alpha value is -3.02. The number of furan rings is 1. The zero-order valence-electron chi connectivity index (χ0n) is 13.1. The van der Waals surface area contributed by atoms with E-state index in [0.717, 1.165) is 5.56 Å². The quantitative estimate of drug-likeness (QED) is 0.877. The number of nitrogens with one attached hydrogen (secondary N) is 1. The maximum absolute atomic E-state index is 9.06. The maximum Gasteiger partial charge on any atom is 0.235 e. The molecule has 124 valence electrons. The Morgan fingerprint density at radius 2 is 2.28 bits per heavy atom. The number of thioether (sulfide) groups is 1. The number of hydrogen-bond donors (Lipinski definition) is 2. The van der Waals surface area contributed by atoms with Crippen LogP contribution in [-0.2, 0) is 10.7 Å². The number of amidine groups is 1. The smallest absolute Gasteiger partial charge is 0.235 e. The SMILES string of the molecule is N#Cc1cccc(CSC2(c3ccco3)N=C3C=CN=C(N)N3N2)c1. The molecule has 2 aromatic rings. The molecule has 1 aromatic carbocycles. The number of aliphatic imine (C=N–C) groups is 2. The van der Waals surface area contributed by atoms with Crippen molar-refractivity contribution in [2.45, 2.75) is 10.7 Å². The predicted octanol–water partition coefficient (Wildman–Crippen LogP) is 2.26. The summed E-state index contributed by atoms with van der Waals surface area (Å²) in [4.78, 5) is 8.01. The summed E-state index contributed by atoms with van der Waals surface area (Å²) >= 11 is 1.54. The summed E-state index contributed by atoms with van der Waals surface area (Å²) < 4.78 is 5.62. The first kappa shape index (κ1) is 15.5. The summed E-state index contributed by atoms with van der Waals surface area (Å²) in [6, 6.07) is 13.4. The Kier molecular flexibility index (Phi) is 3.80. The van der Waals surface area contributed by atoms with E-state index in [-0.39, 0.29) is 0 Å². The van der Waals surface area contributed by atoms with Crippen LogP contribution in [0.5, 0.6) is 0 Å². The highest BCUT2D eigenvalue weighted by Gasteiger charge is 2.44. The summed E-state index contributed by atoms with van der Waals surface area (Å²) in [7, 11) is 0. The number of nitriles is 1. The first-order chi connectivity index (χ1) is 12.2. The lowest BCUT2D eigenvalue weighted by molar-refractivity contribution is 0.331. The summed E-state index contributed by atoms with van der Waals surface area (Å²) in [5, 5.41) is 10.7. The van der Waals surface area contributed by atoms with Crippen molar-refractivity contribution in [2.24, 2.45) is 15.7 Å². The van der Waals surface area contributed by atoms with Crippen LogP contribution in [0.25, 0.3) is 0 Å². The maximum atomic E-state index is 9.06. The topological polar surface area (TPSA) is 103 Å². The molecule has 0 fully saturated rings. The molecule has 3 N–H and O–H groups in total. The van der Waals surface area contributed by atoms with Crippen LogP contribution < -0.4 is 11.2 Å². The first-order valence-corrected chi connectivity index (χ1v) is 8.53. The number of guanidine groups is 1. The number of nitrogens with zero attached hydrogens (tertiary/aromatic N) is 4. The number of hydrazine groups is 1. The molecule has 2 aliphatic rings. The van der Waals surface area contributed by atoms with E-state index in [1.807, 2.05) is 30.3 Å². The lowest BCUT2D eigenvalue weighted by atomic mass is 10.2. The van der Waals surface area contributed by atoms with Crippen LogP contribution in [0.3, 0.4) is 0 Å². The van der Waals surface area contributed by atoms with E-state index in [1.165, 1.54) is 0 Å². The van der Waals surface area contributed by atoms with Gasteiger partial charge < -0.3 is 10.2 Å². The Labute approximate surface area is 148 Å². The number of rotatable bonds is 4. The summed E-state index contributed by atoms with van der Waals surface area (Å²) in [6.45, 7) is 0. The fourth-order valence-electron chi connectivity index (χ4n) is 2.61. The molecule has 4 rings (SSSR count). The highest BCUT2D eigenvalue weighted by atomic mass is 32.2. The molecule has 1 aromatic heterocycles. The largest absolute Gasteiger partial charge is 0.464 e. The number of nitrogens with two attached hydrogens (primary N) is 1. The van der Waals surface area contributed by atoms with Crippen molar-refractivity contribution in [3.63, 3.8) is 0 Å². The van der Waals surface area contributed by atoms with Crippen LogP contribution in [0, 0.1) is 11.3 Å². The molecule has 0 spiro atoms.